The molecule has 0 unspecified atom stereocenters. The number of hydrogen-bond acceptors (Lipinski definition) is 3. The summed E-state index contributed by atoms with van der Waals surface area (Å²) in [6, 6.07) is 13.0. The fourth-order valence-corrected chi connectivity index (χ4v) is 2.95. The van der Waals surface area contributed by atoms with E-state index in [0.717, 1.165) is 18.4 Å². The molecule has 1 fully saturated rings. The Bertz CT molecular complexity index is 738. The zero-order valence-corrected chi connectivity index (χ0v) is 13.8. The smallest absolute Gasteiger partial charge is 0.322 e. The van der Waals surface area contributed by atoms with Gasteiger partial charge < -0.3 is 20.1 Å². The van der Waals surface area contributed by atoms with Crippen LogP contribution < -0.4 is 10.1 Å². The van der Waals surface area contributed by atoms with Crippen LogP contribution in [0.4, 0.5) is 14.9 Å². The van der Waals surface area contributed by atoms with Crippen molar-refractivity contribution < 1.29 is 19.0 Å². The Hall–Kier alpha value is -2.60. The normalized spacial score (nSPS) is 16.7. The summed E-state index contributed by atoms with van der Waals surface area (Å²) in [6.07, 6.45) is 1.73. The molecule has 3 rings (SSSR count). The molecule has 25 heavy (non-hydrogen) atoms. The van der Waals surface area contributed by atoms with E-state index in [9.17, 15) is 14.3 Å². The average Bonchev–Trinajstić information content (AvgIpc) is 3.09. The SMILES string of the molecule is O=C(Nc1cccc(COc2cccc(F)c2)c1)N1CCC[C@H]1CO. The maximum absolute atomic E-state index is 13.2. The zero-order valence-electron chi connectivity index (χ0n) is 13.8. The number of likely N-dealkylation sites (tertiary alicyclic amines) is 1. The molecule has 2 aromatic carbocycles. The minimum Gasteiger partial charge on any atom is -0.489 e. The van der Waals surface area contributed by atoms with Crippen molar-refractivity contribution in [1.82, 2.24) is 4.90 Å². The number of carbonyl (C=O) groups is 1. The van der Waals surface area contributed by atoms with Crippen LogP contribution in [0.15, 0.2) is 48.5 Å². The van der Waals surface area contributed by atoms with Crippen LogP contribution in [0.25, 0.3) is 0 Å². The first-order chi connectivity index (χ1) is 12.2. The van der Waals surface area contributed by atoms with Gasteiger partial charge in [-0.15, -0.1) is 0 Å². The second-order valence-corrected chi connectivity index (χ2v) is 6.05. The van der Waals surface area contributed by atoms with Crippen LogP contribution in [-0.2, 0) is 6.61 Å². The summed E-state index contributed by atoms with van der Waals surface area (Å²) in [5.74, 6) is 0.111. The van der Waals surface area contributed by atoms with Gasteiger partial charge in [0, 0.05) is 18.3 Å². The van der Waals surface area contributed by atoms with Crippen molar-refractivity contribution in [3.05, 3.63) is 59.9 Å². The first-order valence-electron chi connectivity index (χ1n) is 8.31. The van der Waals surface area contributed by atoms with Crippen molar-refractivity contribution in [2.24, 2.45) is 0 Å². The lowest BCUT2D eigenvalue weighted by atomic mass is 10.2. The van der Waals surface area contributed by atoms with Crippen LogP contribution in [0.2, 0.25) is 0 Å². The summed E-state index contributed by atoms with van der Waals surface area (Å²) in [5.41, 5.74) is 1.52. The number of benzene rings is 2. The molecule has 0 spiro atoms. The predicted molar refractivity (Wildman–Crippen MR) is 93.0 cm³/mol. The Labute approximate surface area is 146 Å². The lowest BCUT2D eigenvalue weighted by Gasteiger charge is -2.23. The van der Waals surface area contributed by atoms with Crippen molar-refractivity contribution in [1.29, 1.82) is 0 Å². The average molecular weight is 344 g/mol. The van der Waals surface area contributed by atoms with Gasteiger partial charge in [0.25, 0.3) is 0 Å². The third-order valence-corrected chi connectivity index (χ3v) is 4.23. The lowest BCUT2D eigenvalue weighted by Crippen LogP contribution is -2.40. The number of halogens is 1. The van der Waals surface area contributed by atoms with Gasteiger partial charge in [0.2, 0.25) is 0 Å². The molecule has 0 aromatic heterocycles. The summed E-state index contributed by atoms with van der Waals surface area (Å²) >= 11 is 0. The first kappa shape index (κ1) is 17.2. The largest absolute Gasteiger partial charge is 0.489 e. The number of rotatable bonds is 5. The third kappa shape index (κ3) is 4.48. The maximum Gasteiger partial charge on any atom is 0.322 e. The molecule has 1 heterocycles. The summed E-state index contributed by atoms with van der Waals surface area (Å²) < 4.78 is 18.7. The fourth-order valence-electron chi connectivity index (χ4n) is 2.95. The van der Waals surface area contributed by atoms with Crippen LogP contribution in [0.3, 0.4) is 0 Å². The van der Waals surface area contributed by atoms with Gasteiger partial charge in [-0.2, -0.15) is 0 Å². The Morgan fingerprint density at radius 2 is 2.12 bits per heavy atom. The van der Waals surface area contributed by atoms with E-state index in [-0.39, 0.29) is 31.1 Å². The summed E-state index contributed by atoms with van der Waals surface area (Å²) in [6.45, 7) is 0.907. The van der Waals surface area contributed by atoms with Gasteiger partial charge >= 0.3 is 6.03 Å². The van der Waals surface area contributed by atoms with E-state index in [2.05, 4.69) is 5.32 Å². The molecule has 2 amide bonds. The second kappa shape index (κ2) is 7.98. The minimum absolute atomic E-state index is 0.0189. The molecule has 0 saturated carbocycles. The third-order valence-electron chi connectivity index (χ3n) is 4.23. The molecule has 132 valence electrons. The number of nitrogens with zero attached hydrogens (tertiary/aromatic N) is 1. The molecule has 5 nitrogen and oxygen atoms in total. The molecule has 1 atom stereocenters. The molecule has 0 aliphatic carbocycles. The van der Waals surface area contributed by atoms with Gasteiger partial charge in [0.1, 0.15) is 18.2 Å². The molecule has 1 saturated heterocycles. The predicted octanol–water partition coefficient (Wildman–Crippen LogP) is 3.39. The highest BCUT2D eigenvalue weighted by atomic mass is 19.1. The number of aliphatic hydroxyl groups is 1. The molecule has 0 bridgehead atoms. The van der Waals surface area contributed by atoms with E-state index in [1.807, 2.05) is 18.2 Å². The first-order valence-corrected chi connectivity index (χ1v) is 8.31. The van der Waals surface area contributed by atoms with Gasteiger partial charge in [-0.05, 0) is 42.7 Å². The zero-order chi connectivity index (χ0) is 17.6. The quantitative estimate of drug-likeness (QED) is 0.874. The molecule has 6 heteroatoms. The van der Waals surface area contributed by atoms with Gasteiger partial charge in [-0.1, -0.05) is 18.2 Å². The molecular weight excluding hydrogens is 323 g/mol. The van der Waals surface area contributed by atoms with E-state index in [1.165, 1.54) is 12.1 Å². The topological polar surface area (TPSA) is 61.8 Å². The number of aliphatic hydroxyl groups excluding tert-OH is 1. The van der Waals surface area contributed by atoms with Crippen LogP contribution >= 0.6 is 0 Å². The highest BCUT2D eigenvalue weighted by Crippen LogP contribution is 2.20. The number of amides is 2. The Morgan fingerprint density at radius 3 is 2.92 bits per heavy atom. The summed E-state index contributed by atoms with van der Waals surface area (Å²) in [5, 5.41) is 12.2. The number of urea groups is 1. The molecule has 0 radical (unpaired) electrons. The van der Waals surface area contributed by atoms with E-state index in [1.54, 1.807) is 23.1 Å². The summed E-state index contributed by atoms with van der Waals surface area (Å²) in [7, 11) is 0. The standard InChI is InChI=1S/C19H21FN2O3/c20-15-5-2-8-18(11-15)25-13-14-4-1-6-16(10-14)21-19(24)22-9-3-7-17(22)12-23/h1-2,4-6,8,10-11,17,23H,3,7,9,12-13H2,(H,21,24)/t17-/m0/s1. The van der Waals surface area contributed by atoms with Crippen LogP contribution in [-0.4, -0.2) is 35.2 Å². The molecule has 2 N–H and O–H groups in total. The molecule has 2 aromatic rings. The number of nitrogens with one attached hydrogen (secondary N) is 1. The maximum atomic E-state index is 13.2. The van der Waals surface area contributed by atoms with Crippen molar-refractivity contribution in [3.8, 4) is 5.75 Å². The van der Waals surface area contributed by atoms with E-state index >= 15 is 0 Å². The molecular formula is C19H21FN2O3. The Balaban J connectivity index is 1.60. The van der Waals surface area contributed by atoms with Crippen molar-refractivity contribution in [2.75, 3.05) is 18.5 Å². The highest BCUT2D eigenvalue weighted by molar-refractivity contribution is 5.89. The van der Waals surface area contributed by atoms with E-state index in [4.69, 9.17) is 4.74 Å². The van der Waals surface area contributed by atoms with Crippen LogP contribution in [0.5, 0.6) is 5.75 Å². The number of carbonyl (C=O) groups excluding carboxylic acids is 1. The van der Waals surface area contributed by atoms with Gasteiger partial charge in [0.15, 0.2) is 0 Å². The monoisotopic (exact) mass is 344 g/mol. The second-order valence-electron chi connectivity index (χ2n) is 6.05. The lowest BCUT2D eigenvalue weighted by molar-refractivity contribution is 0.166. The van der Waals surface area contributed by atoms with E-state index in [0.29, 0.717) is 18.0 Å². The fraction of sp³-hybridized carbons (Fsp3) is 0.316. The Morgan fingerprint density at radius 1 is 1.28 bits per heavy atom. The number of hydrogen-bond donors (Lipinski definition) is 2. The van der Waals surface area contributed by atoms with Crippen LogP contribution in [0.1, 0.15) is 18.4 Å². The van der Waals surface area contributed by atoms with Crippen molar-refractivity contribution in [3.63, 3.8) is 0 Å². The number of ether oxygens (including phenoxy) is 1. The van der Waals surface area contributed by atoms with Gasteiger partial charge in [-0.25, -0.2) is 9.18 Å². The van der Waals surface area contributed by atoms with Gasteiger partial charge in [0.05, 0.1) is 12.6 Å². The van der Waals surface area contributed by atoms with Crippen molar-refractivity contribution >= 4 is 11.7 Å². The minimum atomic E-state index is -0.345. The number of anilines is 1. The molecule has 1 aliphatic heterocycles. The Kier molecular flexibility index (Phi) is 5.50. The van der Waals surface area contributed by atoms with E-state index < -0.39 is 0 Å². The van der Waals surface area contributed by atoms with Crippen LogP contribution in [0, 0.1) is 5.82 Å². The van der Waals surface area contributed by atoms with Crippen molar-refractivity contribution in [2.45, 2.75) is 25.5 Å². The summed E-state index contributed by atoms with van der Waals surface area (Å²) in [4.78, 5) is 14.0. The molecule has 1 aliphatic rings. The highest BCUT2D eigenvalue weighted by Gasteiger charge is 2.27. The van der Waals surface area contributed by atoms with Gasteiger partial charge in [-0.3, -0.25) is 0 Å².